The second-order valence-electron chi connectivity index (χ2n) is 21.5. The summed E-state index contributed by atoms with van der Waals surface area (Å²) < 4.78 is 54.6. The normalized spacial score (nSPS) is 20.4. The summed E-state index contributed by atoms with van der Waals surface area (Å²) in [5.74, 6) is 8.17. The van der Waals surface area contributed by atoms with Gasteiger partial charge in [-0.05, 0) is 28.9 Å². The van der Waals surface area contributed by atoms with Crippen molar-refractivity contribution in [2.24, 2.45) is 7.54 Å². The van der Waals surface area contributed by atoms with E-state index in [4.69, 9.17) is 45.4 Å². The van der Waals surface area contributed by atoms with Crippen molar-refractivity contribution in [3.05, 3.63) is 243 Å². The Labute approximate surface area is 535 Å². The van der Waals surface area contributed by atoms with Gasteiger partial charge in [0.25, 0.3) is 0 Å². The predicted octanol–water partition coefficient (Wildman–Crippen LogP) is 6.96. The van der Waals surface area contributed by atoms with E-state index in [1.807, 2.05) is 0 Å². The zero-order valence-electron chi connectivity index (χ0n) is 51.0. The van der Waals surface area contributed by atoms with Crippen molar-refractivity contribution in [3.63, 3.8) is 0 Å². The van der Waals surface area contributed by atoms with E-state index in [1.165, 1.54) is 43.7 Å². The Kier molecular flexibility index (Phi) is 29.7. The highest BCUT2D eigenvalue weighted by atomic mass is 32.3. The molecule has 4 heterocycles. The Bertz CT molecular complexity index is 2610. The van der Waals surface area contributed by atoms with E-state index in [-0.39, 0.29) is 43.5 Å². The summed E-state index contributed by atoms with van der Waals surface area (Å²) in [5.41, 5.74) is 10.7. The molecule has 0 fully saturated rings. The lowest BCUT2D eigenvalue weighted by Gasteiger charge is -2.44. The summed E-state index contributed by atoms with van der Waals surface area (Å²) in [4.78, 5) is 0. The van der Waals surface area contributed by atoms with Crippen LogP contribution in [0.25, 0.3) is 0 Å². The second-order valence-corrected chi connectivity index (χ2v) is 29.7. The fraction of sp³-hybridized carbons (Fsp3) is 0.333. The van der Waals surface area contributed by atoms with Crippen LogP contribution in [-0.4, -0.2) is 164 Å². The number of nitrogens with zero attached hydrogens (tertiary/aromatic N) is 2. The van der Waals surface area contributed by atoms with Gasteiger partial charge in [-0.3, -0.25) is 0 Å². The van der Waals surface area contributed by atoms with E-state index in [0.29, 0.717) is 52.9 Å². The summed E-state index contributed by atoms with van der Waals surface area (Å²) in [6.45, 7) is 11.8. The van der Waals surface area contributed by atoms with Crippen molar-refractivity contribution < 1.29 is 37.9 Å². The van der Waals surface area contributed by atoms with E-state index in [2.05, 4.69) is 243 Å². The van der Waals surface area contributed by atoms with Crippen molar-refractivity contribution in [3.8, 4) is 0 Å². The summed E-state index contributed by atoms with van der Waals surface area (Å²) in [6, 6.07) is 87.1. The summed E-state index contributed by atoms with van der Waals surface area (Å²) in [7, 11) is 0.143. The molecule has 0 saturated carbocycles. The van der Waals surface area contributed by atoms with Crippen molar-refractivity contribution in [1.29, 1.82) is 0 Å². The van der Waals surface area contributed by atoms with Gasteiger partial charge in [-0.15, -0.1) is 0 Å². The topological polar surface area (TPSA) is 98.6 Å². The quantitative estimate of drug-likeness (QED) is 0.119. The van der Waals surface area contributed by atoms with Gasteiger partial charge >= 0.3 is 0 Å². The number of benzene rings is 8. The average Bonchev–Trinajstić information content (AvgIpc) is 1.01. The van der Waals surface area contributed by atoms with Gasteiger partial charge in [0.15, 0.2) is 23.0 Å². The van der Waals surface area contributed by atoms with Gasteiger partial charge in [-0.2, -0.15) is 43.7 Å². The molecule has 0 radical (unpaired) electrons. The monoisotopic (exact) mass is 1260 g/mol. The van der Waals surface area contributed by atoms with Crippen LogP contribution < -0.4 is 43.7 Å². The molecule has 0 atom stereocenters. The predicted molar refractivity (Wildman–Crippen MR) is 380 cm³/mol. The number of ether oxygens (including phenoxy) is 8. The van der Waals surface area contributed by atoms with Gasteiger partial charge < -0.3 is 37.9 Å². The average molecular weight is 1260 g/mol. The van der Waals surface area contributed by atoms with Gasteiger partial charge in [0.05, 0.1) is 106 Å². The van der Waals surface area contributed by atoms with E-state index in [1.54, 1.807) is 0 Å². The Balaban J connectivity index is 0.000000141. The molecule has 0 spiro atoms. The molecule has 4 aliphatic heterocycles. The molecule has 0 N–H and O–H groups in total. The molecule has 10 nitrogen and oxygen atoms in total. The Morgan fingerprint density at radius 1 is 0.216 bits per heavy atom. The zero-order chi connectivity index (χ0) is 60.3. The highest BCUT2D eigenvalue weighted by Crippen LogP contribution is 2.13. The second kappa shape index (κ2) is 39.0. The molecule has 0 unspecified atom stereocenters. The summed E-state index contributed by atoms with van der Waals surface area (Å²) in [5, 5.41) is 0. The Morgan fingerprint density at radius 3 is 0.545 bits per heavy atom. The van der Waals surface area contributed by atoms with E-state index < -0.39 is 12.3 Å². The first-order valence-corrected chi connectivity index (χ1v) is 37.3. The van der Waals surface area contributed by atoms with Crippen LogP contribution in [0.2, 0.25) is 0 Å². The maximum Gasteiger partial charge on any atom is 0.159 e. The molecule has 12 rings (SSSR count). The molecule has 464 valence electrons. The first-order chi connectivity index (χ1) is 43.7. The SMILES string of the molecule is C1COCC[S+]2CCOCCOCCS(=N2)CCO1.C1COCC[S+]2CCOCCOCCS(=N2)CCO1.c1ccc([B-](c2ccccc2)(c2ccccc2)c2ccccc2)cc1.c1ccc([B-](c2ccccc2)(c2ccccc2)c2ccccc2)cc1. The molecule has 8 aromatic carbocycles. The standard InChI is InChI=1S/2C24H20B.2C12H24NO4S2/c2*1-5-13-21(14-6-1)25(22-15-7-2-8-16-22,23-17-9-3-10-18-23)24-19-11-4-12-20-24;2*1-2-15-6-10-19-12-8-17-4-3-16-7-11-18(13-19)9-5-14-1/h2*1-20H;2*1-12H2/q2*-1;2*+1. The van der Waals surface area contributed by atoms with Crippen molar-refractivity contribution in [2.45, 2.75) is 0 Å². The molecule has 0 aliphatic carbocycles. The maximum absolute atomic E-state index is 5.57. The summed E-state index contributed by atoms with van der Waals surface area (Å²) in [6.07, 6.45) is -2.43. The van der Waals surface area contributed by atoms with Crippen LogP contribution in [0.1, 0.15) is 0 Å². The van der Waals surface area contributed by atoms with Gasteiger partial charge in [-0.1, -0.05) is 243 Å². The molecule has 4 bridgehead atoms. The molecule has 0 amide bonds. The minimum absolute atomic E-state index is 0.0713. The third kappa shape index (κ3) is 20.3. The number of hydrogen-bond donors (Lipinski definition) is 0. The first kappa shape index (κ1) is 67.0. The van der Waals surface area contributed by atoms with Crippen LogP contribution in [0.15, 0.2) is 250 Å². The number of rotatable bonds is 8. The van der Waals surface area contributed by atoms with Gasteiger partial charge in [0.1, 0.15) is 34.5 Å². The first-order valence-electron chi connectivity index (χ1n) is 31.3. The third-order valence-electron chi connectivity index (χ3n) is 16.0. The summed E-state index contributed by atoms with van der Waals surface area (Å²) >= 11 is 0.143. The van der Waals surface area contributed by atoms with E-state index in [0.717, 1.165) is 98.9 Å². The van der Waals surface area contributed by atoms with E-state index in [9.17, 15) is 0 Å². The lowest BCUT2D eigenvalue weighted by atomic mass is 9.13. The van der Waals surface area contributed by atoms with Gasteiger partial charge in [0, 0.05) is 23.0 Å². The van der Waals surface area contributed by atoms with Crippen LogP contribution >= 0.6 is 0 Å². The van der Waals surface area contributed by atoms with Crippen LogP contribution in [0.5, 0.6) is 0 Å². The molecule has 4 aliphatic rings. The lowest BCUT2D eigenvalue weighted by Crippen LogP contribution is -2.74. The molecule has 88 heavy (non-hydrogen) atoms. The van der Waals surface area contributed by atoms with Crippen molar-refractivity contribution in [1.82, 2.24) is 0 Å². The Hall–Kier alpha value is -5.43. The minimum atomic E-state index is -1.22. The van der Waals surface area contributed by atoms with Crippen LogP contribution in [-0.2, 0) is 81.4 Å². The van der Waals surface area contributed by atoms with Gasteiger partial charge in [-0.25, -0.2) is 0 Å². The molecule has 0 aromatic heterocycles. The fourth-order valence-electron chi connectivity index (χ4n) is 11.8. The van der Waals surface area contributed by atoms with Crippen LogP contribution in [0.4, 0.5) is 0 Å². The molecule has 16 heteroatoms. The zero-order valence-corrected chi connectivity index (χ0v) is 54.3. The van der Waals surface area contributed by atoms with Crippen LogP contribution in [0.3, 0.4) is 0 Å². The fourth-order valence-corrected chi connectivity index (χ4v) is 19.8. The largest absolute Gasteiger partial charge is 0.378 e. The molecule has 0 saturated heterocycles. The number of fused-ring (bicyclic) bond motifs is 2. The van der Waals surface area contributed by atoms with E-state index >= 15 is 0 Å². The Morgan fingerprint density at radius 2 is 0.375 bits per heavy atom. The highest BCUT2D eigenvalue weighted by molar-refractivity contribution is 8.03. The van der Waals surface area contributed by atoms with Crippen molar-refractivity contribution >= 4 is 99.5 Å². The highest BCUT2D eigenvalue weighted by Gasteiger charge is 2.33. The van der Waals surface area contributed by atoms with Gasteiger partial charge in [0.2, 0.25) is 0 Å². The number of hydrogen-bond acceptors (Lipinski definition) is 10. The maximum atomic E-state index is 5.57. The molecular formula is C72H88B2N2O8S4. The molecule has 8 aromatic rings. The lowest BCUT2D eigenvalue weighted by molar-refractivity contribution is 0.0579. The van der Waals surface area contributed by atoms with Crippen molar-refractivity contribution in [2.75, 3.05) is 152 Å². The smallest absolute Gasteiger partial charge is 0.159 e. The third-order valence-corrected chi connectivity index (χ3v) is 24.5. The van der Waals surface area contributed by atoms with Crippen LogP contribution in [0, 0.1) is 0 Å². The molecular weight excluding hydrogens is 1170 g/mol. The minimum Gasteiger partial charge on any atom is -0.378 e.